The van der Waals surface area contributed by atoms with Gasteiger partial charge in [-0.25, -0.2) is 0 Å². The maximum atomic E-state index is 10.9. The second-order valence-electron chi connectivity index (χ2n) is 16.3. The predicted octanol–water partition coefficient (Wildman–Crippen LogP) is 14.2. The van der Waals surface area contributed by atoms with Gasteiger partial charge in [-0.2, -0.15) is 25.3 Å². The van der Waals surface area contributed by atoms with Crippen molar-refractivity contribution in [2.24, 2.45) is 11.8 Å². The molecule has 0 bridgehead atoms. The molecule has 2 unspecified atom stereocenters. The van der Waals surface area contributed by atoms with Crippen LogP contribution in [0.3, 0.4) is 0 Å². The Morgan fingerprint density at radius 1 is 0.364 bits per heavy atom. The number of carboxylic acid groups (broad SMARTS) is 2. The van der Waals surface area contributed by atoms with Crippen molar-refractivity contribution >= 4 is 58.3 Å². The first-order chi connectivity index (χ1) is 26.9. The van der Waals surface area contributed by atoms with E-state index in [1.54, 1.807) is 8.87 Å². The molecule has 4 nitrogen and oxygen atoms in total. The Kier molecular flexibility index (Phi) is 59.1. The number of aliphatic carboxylic acids is 2. The Balaban J connectivity index is -0.000000805. The number of carbonyl (C=O) groups excluding carboxylic acids is 2. The molecule has 0 N–H and O–H groups in total. The van der Waals surface area contributed by atoms with Gasteiger partial charge in [-0.15, -0.1) is 0 Å². The summed E-state index contributed by atoms with van der Waals surface area (Å²) in [5.41, 5.74) is 0. The quantitative estimate of drug-likeness (QED) is 0.0363. The number of unbranched alkanes of at least 4 members (excludes halogenated alkanes) is 28. The molecule has 0 heterocycles. The maximum absolute atomic E-state index is 10.9. The second-order valence-corrected chi connectivity index (χ2v) is 21.5. The molecule has 0 aliphatic heterocycles. The molecule has 2 atom stereocenters. The Hall–Kier alpha value is 0.439. The van der Waals surface area contributed by atoms with Crippen LogP contribution < -0.4 is 10.2 Å². The number of carbonyl (C=O) groups is 2. The molecular weight excluding hydrogens is 823 g/mol. The molecule has 0 aromatic rings. The summed E-state index contributed by atoms with van der Waals surface area (Å²) in [6.07, 6.45) is 46.0. The molecule has 0 amide bonds. The van der Waals surface area contributed by atoms with Crippen LogP contribution >= 0.6 is 25.3 Å². The van der Waals surface area contributed by atoms with Gasteiger partial charge in [-0.1, -0.05) is 194 Å². The van der Waals surface area contributed by atoms with Gasteiger partial charge >= 0.3 is 69.5 Å². The third-order valence-electron chi connectivity index (χ3n) is 10.8. The zero-order valence-corrected chi connectivity index (χ0v) is 42.1. The third kappa shape index (κ3) is 54.4. The van der Waals surface area contributed by atoms with Gasteiger partial charge in [0, 0.05) is 11.9 Å². The molecule has 0 saturated heterocycles. The normalized spacial score (nSPS) is 11.9. The van der Waals surface area contributed by atoms with Crippen LogP contribution in [0.4, 0.5) is 0 Å². The molecule has 0 saturated carbocycles. The first-order valence-electron chi connectivity index (χ1n) is 24.2. The van der Waals surface area contributed by atoms with E-state index in [1.165, 1.54) is 180 Å². The van der Waals surface area contributed by atoms with Gasteiger partial charge in [0.05, 0.1) is 0 Å². The summed E-state index contributed by atoms with van der Waals surface area (Å²) in [6, 6.07) is 0. The number of thiol groups is 2. The molecule has 0 aromatic carbocycles. The summed E-state index contributed by atoms with van der Waals surface area (Å²) >= 11 is 8.37. The predicted molar refractivity (Wildman–Crippen MR) is 249 cm³/mol. The van der Waals surface area contributed by atoms with Gasteiger partial charge in [-0.3, -0.25) is 0 Å². The van der Waals surface area contributed by atoms with Crippen molar-refractivity contribution < 1.29 is 19.8 Å². The summed E-state index contributed by atoms with van der Waals surface area (Å²) in [4.78, 5) is 21.8. The minimum atomic E-state index is -0.895. The zero-order chi connectivity index (χ0) is 41.3. The molecule has 0 radical (unpaired) electrons. The average molecular weight is 920 g/mol. The summed E-state index contributed by atoms with van der Waals surface area (Å²) in [7, 11) is 0. The van der Waals surface area contributed by atoms with Crippen molar-refractivity contribution in [2.75, 3.05) is 11.5 Å². The van der Waals surface area contributed by atoms with Gasteiger partial charge in [0.25, 0.3) is 0 Å². The molecule has 55 heavy (non-hydrogen) atoms. The van der Waals surface area contributed by atoms with E-state index in [0.29, 0.717) is 24.3 Å². The van der Waals surface area contributed by atoms with Crippen molar-refractivity contribution in [3.8, 4) is 0 Å². The number of rotatable bonds is 42. The number of hydrogen-bond acceptors (Lipinski definition) is 6. The fourth-order valence-corrected chi connectivity index (χ4v) is 11.8. The van der Waals surface area contributed by atoms with E-state index in [4.69, 9.17) is 0 Å². The average Bonchev–Trinajstić information content (AvgIpc) is 3.17. The van der Waals surface area contributed by atoms with E-state index in [-0.39, 0.29) is 33.0 Å². The van der Waals surface area contributed by atoms with Crippen LogP contribution in [0.1, 0.15) is 259 Å². The van der Waals surface area contributed by atoms with E-state index in [2.05, 4.69) is 53.0 Å². The van der Waals surface area contributed by atoms with Crippen LogP contribution in [0.5, 0.6) is 0 Å². The standard InChI is InChI=1S/2C20H40O2S.2C4H9.Sn/c2*1-2-3-4-5-6-7-8-9-10-11-12-13-14-15-16-19(17-18-23)20(21)22;2*1-3-4-2;/h2*19,23H,2-18H2,1H3,(H,21,22);2*1,3-4H2,2H3;/q;;;;+2/p-2. The molecule has 7 heteroatoms. The van der Waals surface area contributed by atoms with Crippen molar-refractivity contribution in [3.05, 3.63) is 0 Å². The Morgan fingerprint density at radius 3 is 0.782 bits per heavy atom. The molecular formula is C48H96O4S2Sn. The van der Waals surface area contributed by atoms with Crippen LogP contribution in [0.2, 0.25) is 8.87 Å². The molecule has 328 valence electrons. The fraction of sp³-hybridized carbons (Fsp3) is 0.958. The van der Waals surface area contributed by atoms with E-state index in [9.17, 15) is 19.8 Å². The van der Waals surface area contributed by atoms with E-state index in [0.717, 1.165) is 38.5 Å². The molecule has 0 fully saturated rings. The SMILES string of the molecule is CCCCCCCCCCCCCCCCC(CCS)C(=O)[O-].CCCCCCCCCCCCCCCCC(CCS)C(=O)[O-].CCC[CH2][Sn+2][CH2]CCC. The van der Waals surface area contributed by atoms with Crippen LogP contribution in [0.25, 0.3) is 0 Å². The Morgan fingerprint density at radius 2 is 0.582 bits per heavy atom. The van der Waals surface area contributed by atoms with Crippen LogP contribution in [-0.2, 0) is 9.59 Å². The van der Waals surface area contributed by atoms with Gasteiger partial charge < -0.3 is 19.8 Å². The zero-order valence-electron chi connectivity index (χ0n) is 37.5. The second kappa shape index (κ2) is 54.4. The summed E-state index contributed by atoms with van der Waals surface area (Å²) in [5.74, 6) is -1.09. The first kappa shape index (κ1) is 59.7. The van der Waals surface area contributed by atoms with Gasteiger partial charge in [0.2, 0.25) is 0 Å². The first-order valence-corrected chi connectivity index (χ1v) is 29.5. The van der Waals surface area contributed by atoms with Crippen LogP contribution in [0.15, 0.2) is 0 Å². The van der Waals surface area contributed by atoms with Crippen molar-refractivity contribution in [3.63, 3.8) is 0 Å². The molecule has 0 spiro atoms. The van der Waals surface area contributed by atoms with Crippen molar-refractivity contribution in [1.29, 1.82) is 0 Å². The van der Waals surface area contributed by atoms with Crippen molar-refractivity contribution in [1.82, 2.24) is 0 Å². The minimum absolute atomic E-state index is 0.149. The number of hydrogen-bond donors (Lipinski definition) is 2. The van der Waals surface area contributed by atoms with Gasteiger partial charge in [0.1, 0.15) is 0 Å². The molecule has 0 aromatic heterocycles. The molecule has 0 rings (SSSR count). The molecule has 0 aliphatic carbocycles. The van der Waals surface area contributed by atoms with E-state index < -0.39 is 11.9 Å². The summed E-state index contributed by atoms with van der Waals surface area (Å²) < 4.78 is 3.25. The monoisotopic (exact) mass is 921 g/mol. The van der Waals surface area contributed by atoms with Crippen LogP contribution in [0, 0.1) is 11.8 Å². The van der Waals surface area contributed by atoms with Crippen LogP contribution in [-0.4, -0.2) is 44.6 Å². The summed E-state index contributed by atoms with van der Waals surface area (Å²) in [5, 5.41) is 21.8. The topological polar surface area (TPSA) is 80.3 Å². The summed E-state index contributed by atoms with van der Waals surface area (Å²) in [6.45, 7) is 9.12. The van der Waals surface area contributed by atoms with E-state index in [1.807, 2.05) is 0 Å². The van der Waals surface area contributed by atoms with Gasteiger partial charge in [-0.05, 0) is 49.0 Å². The van der Waals surface area contributed by atoms with E-state index >= 15 is 0 Å². The Labute approximate surface area is 366 Å². The van der Waals surface area contributed by atoms with Crippen molar-refractivity contribution in [2.45, 2.75) is 268 Å². The third-order valence-corrected chi connectivity index (χ3v) is 15.4. The Bertz CT molecular complexity index is 668. The molecule has 0 aliphatic rings. The number of carboxylic acids is 2. The van der Waals surface area contributed by atoms with Gasteiger partial charge in [0.15, 0.2) is 0 Å². The fourth-order valence-electron chi connectivity index (χ4n) is 6.97.